The molecule has 1 atom stereocenters. The largest absolute Gasteiger partial charge is 0.0678 e. The van der Waals surface area contributed by atoms with E-state index in [1.54, 1.807) is 8.58 Å². The Kier molecular flexibility index (Phi) is 4.02. The number of hydrogen-bond acceptors (Lipinski definition) is 0. The first-order valence-electron chi connectivity index (χ1n) is 5.26. The van der Waals surface area contributed by atoms with Crippen molar-refractivity contribution < 1.29 is 0 Å². The predicted molar refractivity (Wildman–Crippen MR) is 64.8 cm³/mol. The SMILES string of the molecule is CCC(C)([P]C(C)(C)C)C(C)(C)C. The maximum absolute atomic E-state index is 2.42. The van der Waals surface area contributed by atoms with Crippen LogP contribution in [-0.4, -0.2) is 10.3 Å². The Morgan fingerprint density at radius 1 is 0.846 bits per heavy atom. The molecular formula is C12H26P. The Morgan fingerprint density at radius 3 is 1.31 bits per heavy atom. The van der Waals surface area contributed by atoms with E-state index in [0.717, 1.165) is 0 Å². The molecule has 0 rings (SSSR count). The van der Waals surface area contributed by atoms with Crippen molar-refractivity contribution >= 4 is 8.58 Å². The topological polar surface area (TPSA) is 0 Å². The van der Waals surface area contributed by atoms with E-state index < -0.39 is 0 Å². The zero-order valence-corrected chi connectivity index (χ0v) is 11.5. The summed E-state index contributed by atoms with van der Waals surface area (Å²) in [7, 11) is 1.57. The standard InChI is InChI=1S/C12H26P/c1-9-12(8,10(2,3)4)13-11(5,6)7/h9H2,1-8H3. The molecule has 0 nitrogen and oxygen atoms in total. The molecule has 1 heteroatoms. The quantitative estimate of drug-likeness (QED) is 0.555. The molecule has 0 aliphatic carbocycles. The fourth-order valence-corrected chi connectivity index (χ4v) is 3.49. The van der Waals surface area contributed by atoms with Gasteiger partial charge in [-0.3, -0.25) is 0 Å². The lowest BCUT2D eigenvalue weighted by atomic mass is 9.79. The Hall–Kier alpha value is 0.430. The average molecular weight is 201 g/mol. The first kappa shape index (κ1) is 13.4. The van der Waals surface area contributed by atoms with E-state index in [2.05, 4.69) is 55.4 Å². The third kappa shape index (κ3) is 3.98. The van der Waals surface area contributed by atoms with Gasteiger partial charge in [0.2, 0.25) is 0 Å². The minimum absolute atomic E-state index is 0.399. The van der Waals surface area contributed by atoms with Crippen LogP contribution < -0.4 is 0 Å². The van der Waals surface area contributed by atoms with Gasteiger partial charge in [-0.2, -0.15) is 0 Å². The first-order chi connectivity index (χ1) is 5.52. The van der Waals surface area contributed by atoms with E-state index in [4.69, 9.17) is 0 Å². The van der Waals surface area contributed by atoms with Gasteiger partial charge in [-0.15, -0.1) is 0 Å². The van der Waals surface area contributed by atoms with E-state index in [9.17, 15) is 0 Å². The minimum Gasteiger partial charge on any atom is -0.0678 e. The van der Waals surface area contributed by atoms with Crippen LogP contribution >= 0.6 is 8.58 Å². The monoisotopic (exact) mass is 201 g/mol. The fourth-order valence-electron chi connectivity index (χ4n) is 1.52. The lowest BCUT2D eigenvalue weighted by Crippen LogP contribution is -2.37. The van der Waals surface area contributed by atoms with Crippen LogP contribution in [0.3, 0.4) is 0 Å². The minimum atomic E-state index is 0.399. The zero-order chi connectivity index (χ0) is 10.9. The maximum Gasteiger partial charge on any atom is -0.00332 e. The van der Waals surface area contributed by atoms with E-state index in [-0.39, 0.29) is 0 Å². The van der Waals surface area contributed by atoms with Gasteiger partial charge in [0.15, 0.2) is 0 Å². The summed E-state index contributed by atoms with van der Waals surface area (Å²) in [4.78, 5) is 0. The van der Waals surface area contributed by atoms with Gasteiger partial charge in [0.1, 0.15) is 0 Å². The average Bonchev–Trinajstić information content (AvgIpc) is 1.81. The second-order valence-corrected chi connectivity index (χ2v) is 8.71. The summed E-state index contributed by atoms with van der Waals surface area (Å²) in [6.07, 6.45) is 1.26. The van der Waals surface area contributed by atoms with Crippen molar-refractivity contribution in [2.75, 3.05) is 0 Å². The molecule has 0 heterocycles. The molecule has 0 amide bonds. The highest BCUT2D eigenvalue weighted by molar-refractivity contribution is 7.41. The highest BCUT2D eigenvalue weighted by atomic mass is 31.1. The van der Waals surface area contributed by atoms with Gasteiger partial charge in [-0.05, 0) is 22.1 Å². The van der Waals surface area contributed by atoms with Crippen LogP contribution in [0, 0.1) is 5.41 Å². The van der Waals surface area contributed by atoms with Gasteiger partial charge >= 0.3 is 0 Å². The molecule has 1 radical (unpaired) electrons. The molecule has 0 saturated carbocycles. The summed E-state index contributed by atoms with van der Waals surface area (Å²) in [6.45, 7) is 18.8. The lowest BCUT2D eigenvalue weighted by molar-refractivity contribution is 0.286. The first-order valence-corrected chi connectivity index (χ1v) is 6.15. The van der Waals surface area contributed by atoms with E-state index >= 15 is 0 Å². The molecule has 0 aromatic heterocycles. The molecule has 0 bridgehead atoms. The van der Waals surface area contributed by atoms with Crippen molar-refractivity contribution in [3.8, 4) is 0 Å². The van der Waals surface area contributed by atoms with Crippen molar-refractivity contribution in [3.63, 3.8) is 0 Å². The van der Waals surface area contributed by atoms with Gasteiger partial charge in [0.25, 0.3) is 0 Å². The van der Waals surface area contributed by atoms with Crippen molar-refractivity contribution in [2.45, 2.75) is 72.1 Å². The van der Waals surface area contributed by atoms with E-state index in [1.807, 2.05) is 0 Å². The van der Waals surface area contributed by atoms with Crippen LogP contribution in [0.15, 0.2) is 0 Å². The van der Waals surface area contributed by atoms with Crippen molar-refractivity contribution in [3.05, 3.63) is 0 Å². The molecule has 0 fully saturated rings. The lowest BCUT2D eigenvalue weighted by Gasteiger charge is -2.44. The molecule has 13 heavy (non-hydrogen) atoms. The van der Waals surface area contributed by atoms with Crippen LogP contribution in [-0.2, 0) is 0 Å². The summed E-state index contributed by atoms with van der Waals surface area (Å²) in [5, 5.41) is 0.850. The van der Waals surface area contributed by atoms with Crippen molar-refractivity contribution in [1.29, 1.82) is 0 Å². The summed E-state index contributed by atoms with van der Waals surface area (Å²) >= 11 is 0. The fraction of sp³-hybridized carbons (Fsp3) is 1.00. The smallest absolute Gasteiger partial charge is 0.00332 e. The zero-order valence-electron chi connectivity index (χ0n) is 10.7. The Bertz CT molecular complexity index is 159. The van der Waals surface area contributed by atoms with Crippen LogP contribution in [0.5, 0.6) is 0 Å². The molecule has 79 valence electrons. The summed E-state index contributed by atoms with van der Waals surface area (Å²) in [5.74, 6) is 0. The van der Waals surface area contributed by atoms with Crippen LogP contribution in [0.1, 0.15) is 61.8 Å². The number of rotatable bonds is 2. The Labute approximate surface area is 86.7 Å². The molecule has 0 spiro atoms. The van der Waals surface area contributed by atoms with Gasteiger partial charge < -0.3 is 0 Å². The van der Waals surface area contributed by atoms with Gasteiger partial charge in [0.05, 0.1) is 0 Å². The highest BCUT2D eigenvalue weighted by Crippen LogP contribution is 2.53. The maximum atomic E-state index is 2.42. The molecule has 0 saturated heterocycles. The number of hydrogen-bond donors (Lipinski definition) is 0. The molecule has 0 N–H and O–H groups in total. The molecule has 0 aliphatic heterocycles. The Morgan fingerprint density at radius 2 is 1.23 bits per heavy atom. The molecular weight excluding hydrogens is 175 g/mol. The van der Waals surface area contributed by atoms with Gasteiger partial charge in [-0.1, -0.05) is 64.0 Å². The van der Waals surface area contributed by atoms with Crippen LogP contribution in [0.2, 0.25) is 0 Å². The van der Waals surface area contributed by atoms with E-state index in [0.29, 0.717) is 15.7 Å². The van der Waals surface area contributed by atoms with Gasteiger partial charge in [0, 0.05) is 0 Å². The third-order valence-electron chi connectivity index (χ3n) is 2.89. The normalized spacial score (nSPS) is 19.4. The molecule has 1 unspecified atom stereocenters. The van der Waals surface area contributed by atoms with E-state index in [1.165, 1.54) is 6.42 Å². The predicted octanol–water partition coefficient (Wildman–Crippen LogP) is 4.95. The van der Waals surface area contributed by atoms with Crippen LogP contribution in [0.4, 0.5) is 0 Å². The summed E-state index contributed by atoms with van der Waals surface area (Å²) in [5.41, 5.74) is 0.399. The summed E-state index contributed by atoms with van der Waals surface area (Å²) in [6, 6.07) is 0. The van der Waals surface area contributed by atoms with Crippen molar-refractivity contribution in [1.82, 2.24) is 0 Å². The summed E-state index contributed by atoms with van der Waals surface area (Å²) < 4.78 is 0. The van der Waals surface area contributed by atoms with Gasteiger partial charge in [-0.25, -0.2) is 0 Å². The molecule has 0 aromatic rings. The molecule has 0 aliphatic rings. The highest BCUT2D eigenvalue weighted by Gasteiger charge is 2.39. The molecule has 0 aromatic carbocycles. The second-order valence-electron chi connectivity index (χ2n) is 6.16. The Balaban J connectivity index is 4.67. The van der Waals surface area contributed by atoms with Crippen LogP contribution in [0.25, 0.3) is 0 Å². The third-order valence-corrected chi connectivity index (χ3v) is 5.04. The second kappa shape index (κ2) is 3.89. The van der Waals surface area contributed by atoms with Crippen molar-refractivity contribution in [2.24, 2.45) is 5.41 Å².